The highest BCUT2D eigenvalue weighted by Gasteiger charge is 2.21. The Morgan fingerprint density at radius 2 is 2.13 bits per heavy atom. The van der Waals surface area contributed by atoms with E-state index >= 15 is 0 Å². The molecule has 0 radical (unpaired) electrons. The number of aromatic nitrogens is 1. The Bertz CT molecular complexity index is 464. The summed E-state index contributed by atoms with van der Waals surface area (Å²) in [6.45, 7) is 0. The van der Waals surface area contributed by atoms with Gasteiger partial charge >= 0.3 is 0 Å². The smallest absolute Gasteiger partial charge is 0.260 e. The molecule has 0 aliphatic heterocycles. The summed E-state index contributed by atoms with van der Waals surface area (Å²) in [5.74, 6) is 0. The predicted molar refractivity (Wildman–Crippen MR) is 53.2 cm³/mol. The van der Waals surface area contributed by atoms with Crippen molar-refractivity contribution in [1.29, 1.82) is 0 Å². The summed E-state index contributed by atoms with van der Waals surface area (Å²) in [4.78, 5) is 3.06. The van der Waals surface area contributed by atoms with Gasteiger partial charge in [-0.2, -0.15) is 0 Å². The lowest BCUT2D eigenvalue weighted by Crippen LogP contribution is -2.15. The van der Waals surface area contributed by atoms with Crippen molar-refractivity contribution in [3.63, 3.8) is 0 Å². The van der Waals surface area contributed by atoms with Gasteiger partial charge in [-0.3, -0.25) is 4.98 Å². The summed E-state index contributed by atoms with van der Waals surface area (Å²) < 4.78 is 46.9. The van der Waals surface area contributed by atoms with Crippen LogP contribution in [0.2, 0.25) is 0 Å². The van der Waals surface area contributed by atoms with Crippen LogP contribution in [0.25, 0.3) is 0 Å². The number of pyridine rings is 1. The molecule has 15 heavy (non-hydrogen) atoms. The van der Waals surface area contributed by atoms with E-state index in [1.807, 2.05) is 0 Å². The van der Waals surface area contributed by atoms with E-state index in [1.54, 1.807) is 0 Å². The summed E-state index contributed by atoms with van der Waals surface area (Å²) in [5.41, 5.74) is -0.356. The molecule has 2 N–H and O–H groups in total. The minimum atomic E-state index is -4.15. The number of alkyl halides is 3. The molecule has 0 spiro atoms. The Kier molecular flexibility index (Phi) is 3.74. The minimum Gasteiger partial charge on any atom is -0.260 e. The molecule has 0 amide bonds. The lowest BCUT2D eigenvalue weighted by molar-refractivity contribution is 0.147. The van der Waals surface area contributed by atoms with Crippen LogP contribution in [0.5, 0.6) is 0 Å². The van der Waals surface area contributed by atoms with Gasteiger partial charge < -0.3 is 0 Å². The molecule has 0 aromatic carbocycles. The zero-order valence-corrected chi connectivity index (χ0v) is 9.72. The number of nitrogens with two attached hydrogens (primary N) is 1. The Balaban J connectivity index is 3.43. The van der Waals surface area contributed by atoms with Crippen LogP contribution in [0.15, 0.2) is 17.2 Å². The van der Waals surface area contributed by atoms with Gasteiger partial charge in [0.05, 0.1) is 16.2 Å². The van der Waals surface area contributed by atoms with E-state index < -0.39 is 26.9 Å². The second-order valence-corrected chi connectivity index (χ2v) is 4.78. The second-order valence-electron chi connectivity index (χ2n) is 2.69. The van der Waals surface area contributed by atoms with Crippen molar-refractivity contribution in [3.8, 4) is 0 Å². The molecular formula is C7H7BrF2N2O2S. The van der Waals surface area contributed by atoms with Crippen LogP contribution in [-0.2, 0) is 15.4 Å². The molecule has 0 atom stereocenters. The maximum Gasteiger partial charge on any atom is 0.266 e. The molecule has 0 aliphatic rings. The molecule has 1 rings (SSSR count). The van der Waals surface area contributed by atoms with Crippen molar-refractivity contribution in [2.75, 3.05) is 0 Å². The first-order chi connectivity index (χ1) is 6.86. The van der Waals surface area contributed by atoms with Crippen molar-refractivity contribution in [2.24, 2.45) is 5.14 Å². The number of hydrogen-bond acceptors (Lipinski definition) is 3. The van der Waals surface area contributed by atoms with Gasteiger partial charge in [0.25, 0.3) is 6.43 Å². The molecule has 0 aliphatic carbocycles. The third-order valence-corrected chi connectivity index (χ3v) is 3.17. The largest absolute Gasteiger partial charge is 0.266 e. The maximum atomic E-state index is 12.4. The third-order valence-electron chi connectivity index (χ3n) is 1.63. The Hall–Kier alpha value is -0.600. The Morgan fingerprint density at radius 3 is 2.53 bits per heavy atom. The van der Waals surface area contributed by atoms with Gasteiger partial charge in [0.1, 0.15) is 0 Å². The number of primary sulfonamides is 1. The van der Waals surface area contributed by atoms with Crippen molar-refractivity contribution in [3.05, 3.63) is 23.5 Å². The quantitative estimate of drug-likeness (QED) is 0.861. The number of halogens is 3. The van der Waals surface area contributed by atoms with E-state index in [9.17, 15) is 17.2 Å². The monoisotopic (exact) mass is 300 g/mol. The van der Waals surface area contributed by atoms with Crippen LogP contribution in [0.3, 0.4) is 0 Å². The van der Waals surface area contributed by atoms with Crippen LogP contribution in [0.1, 0.15) is 17.7 Å². The van der Waals surface area contributed by atoms with Gasteiger partial charge in [-0.05, 0) is 6.07 Å². The van der Waals surface area contributed by atoms with E-state index in [1.165, 1.54) is 0 Å². The van der Waals surface area contributed by atoms with Crippen LogP contribution in [0.4, 0.5) is 8.78 Å². The fourth-order valence-corrected chi connectivity index (χ4v) is 2.05. The average Bonchev–Trinajstić information content (AvgIpc) is 2.15. The van der Waals surface area contributed by atoms with Crippen molar-refractivity contribution in [1.82, 2.24) is 4.98 Å². The van der Waals surface area contributed by atoms with Crippen molar-refractivity contribution >= 4 is 26.0 Å². The van der Waals surface area contributed by atoms with Gasteiger partial charge in [-0.1, -0.05) is 15.9 Å². The van der Waals surface area contributed by atoms with E-state index in [-0.39, 0.29) is 5.33 Å². The number of sulfonamides is 1. The molecule has 4 nitrogen and oxygen atoms in total. The second kappa shape index (κ2) is 4.50. The number of nitrogens with zero attached hydrogens (tertiary/aromatic N) is 1. The highest BCUT2D eigenvalue weighted by atomic mass is 79.9. The lowest BCUT2D eigenvalue weighted by Gasteiger charge is -2.07. The highest BCUT2D eigenvalue weighted by molar-refractivity contribution is 9.08. The van der Waals surface area contributed by atoms with Gasteiger partial charge in [-0.25, -0.2) is 22.3 Å². The predicted octanol–water partition coefficient (Wildman–Crippen LogP) is 1.56. The number of rotatable bonds is 3. The van der Waals surface area contributed by atoms with E-state index in [2.05, 4.69) is 20.9 Å². The molecule has 1 heterocycles. The summed E-state index contributed by atoms with van der Waals surface area (Å²) >= 11 is 3.03. The summed E-state index contributed by atoms with van der Waals surface area (Å²) in [5, 5.41) is 5.08. The van der Waals surface area contributed by atoms with Crippen molar-refractivity contribution in [2.45, 2.75) is 16.7 Å². The number of hydrogen-bond donors (Lipinski definition) is 1. The maximum absolute atomic E-state index is 12.4. The standard InChI is InChI=1S/C7H7BrF2N2O2S/c8-2-4-1-6(15(11,13)14)5(3-12-4)7(9)10/h1,3,7H,2H2,(H2,11,13,14). The highest BCUT2D eigenvalue weighted by Crippen LogP contribution is 2.25. The van der Waals surface area contributed by atoms with Crippen LogP contribution < -0.4 is 5.14 Å². The first-order valence-corrected chi connectivity index (χ1v) is 6.38. The van der Waals surface area contributed by atoms with Gasteiger partial charge in [0, 0.05) is 11.5 Å². The molecule has 0 saturated heterocycles. The molecular weight excluding hydrogens is 294 g/mol. The summed E-state index contributed by atoms with van der Waals surface area (Å²) in [7, 11) is -4.15. The first kappa shape index (κ1) is 12.5. The van der Waals surface area contributed by atoms with E-state index in [4.69, 9.17) is 5.14 Å². The zero-order valence-electron chi connectivity index (χ0n) is 7.32. The Labute approximate surface area is 93.7 Å². The summed E-state index contributed by atoms with van der Waals surface area (Å²) in [6.07, 6.45) is -2.10. The van der Waals surface area contributed by atoms with Crippen LogP contribution >= 0.6 is 15.9 Å². The first-order valence-electron chi connectivity index (χ1n) is 3.72. The molecule has 1 aromatic heterocycles. The molecule has 1 aromatic rings. The van der Waals surface area contributed by atoms with Gasteiger partial charge in [0.15, 0.2) is 0 Å². The average molecular weight is 301 g/mol. The van der Waals surface area contributed by atoms with Crippen LogP contribution in [0, 0.1) is 0 Å². The molecule has 0 saturated carbocycles. The Morgan fingerprint density at radius 1 is 1.53 bits per heavy atom. The van der Waals surface area contributed by atoms with E-state index in [0.29, 0.717) is 5.69 Å². The molecule has 84 valence electrons. The van der Waals surface area contributed by atoms with Gasteiger partial charge in [-0.15, -0.1) is 0 Å². The molecule has 0 fully saturated rings. The minimum absolute atomic E-state index is 0.263. The molecule has 0 unspecified atom stereocenters. The van der Waals surface area contributed by atoms with Gasteiger partial charge in [0.2, 0.25) is 10.0 Å². The topological polar surface area (TPSA) is 73.1 Å². The normalized spacial score (nSPS) is 12.1. The van der Waals surface area contributed by atoms with Crippen LogP contribution in [-0.4, -0.2) is 13.4 Å². The molecule has 0 bridgehead atoms. The lowest BCUT2D eigenvalue weighted by atomic mass is 10.2. The SMILES string of the molecule is NS(=O)(=O)c1cc(CBr)ncc1C(F)F. The zero-order chi connectivity index (χ0) is 11.6. The fourth-order valence-electron chi connectivity index (χ4n) is 0.971. The fraction of sp³-hybridized carbons (Fsp3) is 0.286. The van der Waals surface area contributed by atoms with E-state index in [0.717, 1.165) is 12.3 Å². The van der Waals surface area contributed by atoms with Crippen molar-refractivity contribution < 1.29 is 17.2 Å². The summed E-state index contributed by atoms with van der Waals surface area (Å²) in [6, 6.07) is 1.03. The third kappa shape index (κ3) is 2.93. The molecule has 8 heteroatoms.